The fourth-order valence-electron chi connectivity index (χ4n) is 5.18. The molecule has 2 amide bonds. The minimum absolute atomic E-state index is 0.0971. The highest BCUT2D eigenvalue weighted by Gasteiger charge is 2.51. The lowest BCUT2D eigenvalue weighted by atomic mass is 9.96. The van der Waals surface area contributed by atoms with Crippen molar-refractivity contribution in [3.05, 3.63) is 35.4 Å². The zero-order valence-corrected chi connectivity index (χ0v) is 25.6. The van der Waals surface area contributed by atoms with Gasteiger partial charge in [-0.05, 0) is 32.4 Å². The average molecular weight is 666 g/mol. The summed E-state index contributed by atoms with van der Waals surface area (Å²) in [5, 5.41) is 63.2. The number of benzene rings is 1. The van der Waals surface area contributed by atoms with Gasteiger partial charge in [-0.2, -0.15) is 0 Å². The van der Waals surface area contributed by atoms with Gasteiger partial charge in [-0.1, -0.05) is 12.1 Å². The quantitative estimate of drug-likeness (QED) is 0.0711. The van der Waals surface area contributed by atoms with E-state index in [9.17, 15) is 44.8 Å². The van der Waals surface area contributed by atoms with Gasteiger partial charge in [-0.15, -0.1) is 5.06 Å². The van der Waals surface area contributed by atoms with Crippen molar-refractivity contribution in [3.8, 4) is 0 Å². The first-order valence-corrected chi connectivity index (χ1v) is 16.3. The zero-order chi connectivity index (χ0) is 32.9. The number of amides is 2. The van der Waals surface area contributed by atoms with E-state index in [1.165, 1.54) is 12.1 Å². The van der Waals surface area contributed by atoms with Gasteiger partial charge in [0.2, 0.25) is 0 Å². The first kappa shape index (κ1) is 35.9. The molecule has 0 bridgehead atoms. The van der Waals surface area contributed by atoms with E-state index >= 15 is 0 Å². The highest BCUT2D eigenvalue weighted by molar-refractivity contribution is 7.53. The molecule has 0 spiro atoms. The molecule has 18 heteroatoms. The Morgan fingerprint density at radius 3 is 1.96 bits per heavy atom. The van der Waals surface area contributed by atoms with Gasteiger partial charge in [0.05, 0.1) is 56.4 Å². The average Bonchev–Trinajstić information content (AvgIpc) is 3.26. The lowest BCUT2D eigenvalue weighted by Crippen LogP contribution is -2.64. The van der Waals surface area contributed by atoms with Gasteiger partial charge < -0.3 is 58.6 Å². The Kier molecular flexibility index (Phi) is 12.6. The number of rotatable bonds is 15. The van der Waals surface area contributed by atoms with Gasteiger partial charge in [0.15, 0.2) is 12.6 Å². The molecular weight excluding hydrogens is 625 g/mol. The monoisotopic (exact) mass is 665 g/mol. The summed E-state index contributed by atoms with van der Waals surface area (Å²) in [7, 11) is -3.56. The van der Waals surface area contributed by atoms with Crippen LogP contribution in [0.1, 0.15) is 41.0 Å². The lowest BCUT2D eigenvalue weighted by Gasteiger charge is -2.46. The Balaban J connectivity index is 1.41. The third-order valence-corrected chi connectivity index (χ3v) is 9.58. The van der Waals surface area contributed by atoms with Gasteiger partial charge in [0, 0.05) is 0 Å². The topological polar surface area (TPSA) is 240 Å². The molecule has 1 aromatic rings. The summed E-state index contributed by atoms with van der Waals surface area (Å²) in [5.74, 6) is -1.33. The van der Waals surface area contributed by atoms with Crippen LogP contribution in [0.15, 0.2) is 24.3 Å². The minimum atomic E-state index is -3.56. The first-order valence-electron chi connectivity index (χ1n) is 14.5. The smallest absolute Gasteiger partial charge is 0.330 e. The summed E-state index contributed by atoms with van der Waals surface area (Å²) >= 11 is 0. The molecule has 2 saturated heterocycles. The molecule has 3 aliphatic rings. The molecule has 17 nitrogen and oxygen atoms in total. The molecule has 2 fully saturated rings. The molecule has 0 radical (unpaired) electrons. The van der Waals surface area contributed by atoms with Crippen LogP contribution in [-0.2, 0) is 37.4 Å². The zero-order valence-electron chi connectivity index (χ0n) is 24.7. The highest BCUT2D eigenvalue weighted by atomic mass is 31.2. The SMILES string of the molecule is CCOP(=O)(CCC1O[C@H](O[C@@H]2C(O)[C@H](O)C(CO)O[C@@H]2OCCON2C(=O)c3ccccc3C2=O)[C@H](O)C(O)[C@@H]1O)OCC. The molecule has 0 saturated carbocycles. The van der Waals surface area contributed by atoms with E-state index in [1.54, 1.807) is 26.0 Å². The van der Waals surface area contributed by atoms with E-state index in [-0.39, 0.29) is 50.1 Å². The van der Waals surface area contributed by atoms with Gasteiger partial charge in [-0.3, -0.25) is 19.0 Å². The Morgan fingerprint density at radius 1 is 0.800 bits per heavy atom. The molecular formula is C27H40NO16P. The maximum atomic E-state index is 12.9. The lowest BCUT2D eigenvalue weighted by molar-refractivity contribution is -0.367. The standard InChI is InChI=1S/C27H40NO16P/c1-3-40-45(37,41-4-2)12-9-16-18(30)20(32)22(34)26(42-16)44-23-21(33)19(31)17(13-29)43-27(23)38-10-11-39-28-24(35)14-7-5-6-8-15(14)25(28)36/h5-8,16-23,26-27,29-34H,3-4,9-13H2,1-2H3/t16?,17?,18-,19-,20?,21?,22-,23-,26-,27+/m1/s1. The van der Waals surface area contributed by atoms with E-state index in [0.29, 0.717) is 5.06 Å². The molecule has 3 heterocycles. The largest absolute Gasteiger partial charge is 0.394 e. The first-order chi connectivity index (χ1) is 21.5. The van der Waals surface area contributed by atoms with Crippen LogP contribution >= 0.6 is 7.60 Å². The predicted octanol–water partition coefficient (Wildman–Crippen LogP) is -1.48. The van der Waals surface area contributed by atoms with Gasteiger partial charge in [-0.25, -0.2) is 0 Å². The molecule has 4 rings (SSSR count). The summed E-state index contributed by atoms with van der Waals surface area (Å²) in [5.41, 5.74) is 0.344. The summed E-state index contributed by atoms with van der Waals surface area (Å²) in [6.07, 6.45) is -16.4. The van der Waals surface area contributed by atoms with Crippen molar-refractivity contribution < 1.29 is 77.6 Å². The number of hydroxylamine groups is 2. The molecule has 4 unspecified atom stereocenters. The number of imide groups is 1. The molecule has 3 aliphatic heterocycles. The molecule has 0 aromatic heterocycles. The molecule has 6 N–H and O–H groups in total. The Labute approximate surface area is 258 Å². The third-order valence-electron chi connectivity index (χ3n) is 7.47. The van der Waals surface area contributed by atoms with Crippen LogP contribution in [0, 0.1) is 0 Å². The second kappa shape index (κ2) is 15.8. The van der Waals surface area contributed by atoms with Gasteiger partial charge >= 0.3 is 7.60 Å². The number of hydrogen-bond donors (Lipinski definition) is 6. The summed E-state index contributed by atoms with van der Waals surface area (Å²) in [4.78, 5) is 30.3. The minimum Gasteiger partial charge on any atom is -0.394 e. The van der Waals surface area contributed by atoms with Crippen LogP contribution in [0.2, 0.25) is 0 Å². The number of fused-ring (bicyclic) bond motifs is 1. The third kappa shape index (κ3) is 7.97. The van der Waals surface area contributed by atoms with Crippen LogP contribution in [0.3, 0.4) is 0 Å². The number of nitrogens with zero attached hydrogens (tertiary/aromatic N) is 1. The summed E-state index contributed by atoms with van der Waals surface area (Å²) in [6.45, 7) is 2.04. The van der Waals surface area contributed by atoms with E-state index in [4.69, 9.17) is 32.8 Å². The maximum absolute atomic E-state index is 12.9. The van der Waals surface area contributed by atoms with Crippen molar-refractivity contribution in [3.63, 3.8) is 0 Å². The fraction of sp³-hybridized carbons (Fsp3) is 0.704. The Hall–Kier alpha value is -1.93. The molecule has 1 aromatic carbocycles. The van der Waals surface area contributed by atoms with Crippen LogP contribution in [0.25, 0.3) is 0 Å². The second-order valence-corrected chi connectivity index (χ2v) is 12.6. The van der Waals surface area contributed by atoms with Gasteiger partial charge in [0.1, 0.15) is 42.7 Å². The maximum Gasteiger partial charge on any atom is 0.330 e. The van der Waals surface area contributed by atoms with Crippen molar-refractivity contribution >= 4 is 19.4 Å². The normalized spacial score (nSPS) is 33.9. The number of carbonyl (C=O) groups excluding carboxylic acids is 2. The number of aliphatic hydroxyl groups is 6. The van der Waals surface area contributed by atoms with E-state index in [0.717, 1.165) is 0 Å². The van der Waals surface area contributed by atoms with Crippen LogP contribution < -0.4 is 0 Å². The molecule has 0 aliphatic carbocycles. The van der Waals surface area contributed by atoms with Crippen molar-refractivity contribution in [2.75, 3.05) is 39.2 Å². The molecule has 10 atom stereocenters. The molecule has 254 valence electrons. The van der Waals surface area contributed by atoms with Crippen molar-refractivity contribution in [2.24, 2.45) is 0 Å². The Bertz CT molecular complexity index is 1160. The van der Waals surface area contributed by atoms with Crippen molar-refractivity contribution in [2.45, 2.75) is 81.7 Å². The second-order valence-electron chi connectivity index (χ2n) is 10.4. The van der Waals surface area contributed by atoms with Gasteiger partial charge in [0.25, 0.3) is 11.8 Å². The van der Waals surface area contributed by atoms with Crippen LogP contribution in [-0.4, -0.2) is 148 Å². The van der Waals surface area contributed by atoms with Crippen LogP contribution in [0.5, 0.6) is 0 Å². The molecule has 45 heavy (non-hydrogen) atoms. The number of hydrogen-bond acceptors (Lipinski definition) is 16. The van der Waals surface area contributed by atoms with E-state index in [1.807, 2.05) is 0 Å². The number of aliphatic hydroxyl groups excluding tert-OH is 6. The van der Waals surface area contributed by atoms with Crippen LogP contribution in [0.4, 0.5) is 0 Å². The van der Waals surface area contributed by atoms with Crippen molar-refractivity contribution in [1.82, 2.24) is 5.06 Å². The van der Waals surface area contributed by atoms with E-state index in [2.05, 4.69) is 0 Å². The Morgan fingerprint density at radius 2 is 1.38 bits per heavy atom. The number of carbonyl (C=O) groups is 2. The predicted molar refractivity (Wildman–Crippen MR) is 149 cm³/mol. The number of ether oxygens (including phenoxy) is 4. The highest BCUT2D eigenvalue weighted by Crippen LogP contribution is 2.49. The van der Waals surface area contributed by atoms with Crippen molar-refractivity contribution in [1.29, 1.82) is 0 Å². The fourth-order valence-corrected chi connectivity index (χ4v) is 6.87. The summed E-state index contributed by atoms with van der Waals surface area (Å²) in [6, 6.07) is 6.16. The van der Waals surface area contributed by atoms with E-state index < -0.39 is 87.4 Å². The summed E-state index contributed by atoms with van der Waals surface area (Å²) < 4.78 is 46.0.